The van der Waals surface area contributed by atoms with E-state index in [1.807, 2.05) is 0 Å². The molecule has 2 rings (SSSR count). The summed E-state index contributed by atoms with van der Waals surface area (Å²) in [5, 5.41) is 9.21. The molecule has 0 radical (unpaired) electrons. The summed E-state index contributed by atoms with van der Waals surface area (Å²) in [5.41, 5.74) is 1.62. The van der Waals surface area contributed by atoms with Gasteiger partial charge in [0.05, 0.1) is 10.7 Å². The fraction of sp³-hybridized carbons (Fsp3) is 0.176. The van der Waals surface area contributed by atoms with Crippen molar-refractivity contribution in [3.05, 3.63) is 58.1 Å². The molecule has 126 valence electrons. The minimum atomic E-state index is -0.542. The van der Waals surface area contributed by atoms with Crippen LogP contribution in [0.2, 0.25) is 10.0 Å². The van der Waals surface area contributed by atoms with Crippen LogP contribution in [0.4, 0.5) is 11.4 Å². The number of nitrogens with one attached hydrogen (secondary N) is 3. The van der Waals surface area contributed by atoms with Crippen LogP contribution in [0.15, 0.2) is 42.5 Å². The second kappa shape index (κ2) is 8.04. The van der Waals surface area contributed by atoms with Gasteiger partial charge in [0.1, 0.15) is 6.04 Å². The Hall–Kier alpha value is -2.24. The molecule has 0 aliphatic heterocycles. The lowest BCUT2D eigenvalue weighted by Gasteiger charge is -2.16. The number of amides is 2. The van der Waals surface area contributed by atoms with Gasteiger partial charge in [0.2, 0.25) is 5.91 Å². The van der Waals surface area contributed by atoms with Crippen LogP contribution >= 0.6 is 23.2 Å². The fourth-order valence-electron chi connectivity index (χ4n) is 2.04. The van der Waals surface area contributed by atoms with Crippen molar-refractivity contribution < 1.29 is 9.59 Å². The number of hydrogen-bond acceptors (Lipinski definition) is 3. The van der Waals surface area contributed by atoms with Crippen LogP contribution in [-0.2, 0) is 4.79 Å². The predicted octanol–water partition coefficient (Wildman–Crippen LogP) is 3.79. The van der Waals surface area contributed by atoms with Crippen LogP contribution in [0.1, 0.15) is 17.3 Å². The zero-order valence-electron chi connectivity index (χ0n) is 13.2. The summed E-state index contributed by atoms with van der Waals surface area (Å²) >= 11 is 11.9. The fourth-order valence-corrected chi connectivity index (χ4v) is 2.38. The lowest BCUT2D eigenvalue weighted by molar-refractivity contribution is -0.116. The lowest BCUT2D eigenvalue weighted by atomic mass is 10.1. The quantitative estimate of drug-likeness (QED) is 0.754. The SMILES string of the molecule is CNC(=O)c1cccc(N[C@@H](C)C(=O)Nc2cc(Cl)ccc2Cl)c1. The van der Waals surface area contributed by atoms with Gasteiger partial charge in [0, 0.05) is 23.3 Å². The van der Waals surface area contributed by atoms with Gasteiger partial charge in [0.15, 0.2) is 0 Å². The van der Waals surface area contributed by atoms with E-state index in [0.717, 1.165) is 0 Å². The van der Waals surface area contributed by atoms with Gasteiger partial charge in [-0.25, -0.2) is 0 Å². The number of hydrogen-bond donors (Lipinski definition) is 3. The Morgan fingerprint density at radius 3 is 2.54 bits per heavy atom. The largest absolute Gasteiger partial charge is 0.374 e. The van der Waals surface area contributed by atoms with E-state index in [0.29, 0.717) is 27.0 Å². The van der Waals surface area contributed by atoms with Gasteiger partial charge >= 0.3 is 0 Å². The molecular formula is C17H17Cl2N3O2. The lowest BCUT2D eigenvalue weighted by Crippen LogP contribution is -2.32. The summed E-state index contributed by atoms with van der Waals surface area (Å²) in [6.45, 7) is 1.71. The van der Waals surface area contributed by atoms with E-state index >= 15 is 0 Å². The van der Waals surface area contributed by atoms with Crippen molar-refractivity contribution in [3.63, 3.8) is 0 Å². The van der Waals surface area contributed by atoms with Crippen LogP contribution in [0, 0.1) is 0 Å². The highest BCUT2D eigenvalue weighted by Gasteiger charge is 2.15. The highest BCUT2D eigenvalue weighted by Crippen LogP contribution is 2.25. The average Bonchev–Trinajstić information content (AvgIpc) is 2.57. The maximum Gasteiger partial charge on any atom is 0.251 e. The molecule has 3 N–H and O–H groups in total. The molecule has 24 heavy (non-hydrogen) atoms. The number of carbonyl (C=O) groups excluding carboxylic acids is 2. The Bertz CT molecular complexity index is 765. The van der Waals surface area contributed by atoms with Gasteiger partial charge in [-0.05, 0) is 43.3 Å². The molecule has 0 heterocycles. The molecular weight excluding hydrogens is 349 g/mol. The summed E-state index contributed by atoms with van der Waals surface area (Å²) in [5.74, 6) is -0.467. The van der Waals surface area contributed by atoms with Gasteiger partial charge in [0.25, 0.3) is 5.91 Å². The molecule has 2 aromatic carbocycles. The number of anilines is 2. The highest BCUT2D eigenvalue weighted by atomic mass is 35.5. The van der Waals surface area contributed by atoms with Crippen LogP contribution in [0.5, 0.6) is 0 Å². The summed E-state index contributed by atoms with van der Waals surface area (Å²) in [6, 6.07) is 11.2. The molecule has 0 spiro atoms. The van der Waals surface area contributed by atoms with E-state index < -0.39 is 6.04 Å². The Kier molecular flexibility index (Phi) is 6.06. The molecule has 0 fully saturated rings. The van der Waals surface area contributed by atoms with E-state index in [2.05, 4.69) is 16.0 Å². The second-order valence-corrected chi connectivity index (χ2v) is 5.98. The molecule has 7 heteroatoms. The third-order valence-corrected chi connectivity index (χ3v) is 3.88. The first-order valence-corrected chi connectivity index (χ1v) is 8.01. The van der Waals surface area contributed by atoms with E-state index in [9.17, 15) is 9.59 Å². The smallest absolute Gasteiger partial charge is 0.251 e. The monoisotopic (exact) mass is 365 g/mol. The van der Waals surface area contributed by atoms with E-state index in [4.69, 9.17) is 23.2 Å². The van der Waals surface area contributed by atoms with Gasteiger partial charge in [-0.1, -0.05) is 29.3 Å². The Morgan fingerprint density at radius 1 is 1.08 bits per heavy atom. The Morgan fingerprint density at radius 2 is 1.83 bits per heavy atom. The van der Waals surface area contributed by atoms with Gasteiger partial charge in [-0.3, -0.25) is 9.59 Å². The van der Waals surface area contributed by atoms with E-state index in [1.54, 1.807) is 56.4 Å². The molecule has 1 atom stereocenters. The maximum absolute atomic E-state index is 12.3. The number of rotatable bonds is 5. The van der Waals surface area contributed by atoms with Crippen molar-refractivity contribution in [1.82, 2.24) is 5.32 Å². The minimum Gasteiger partial charge on any atom is -0.374 e. The first-order valence-electron chi connectivity index (χ1n) is 7.25. The molecule has 2 aromatic rings. The van der Waals surface area contributed by atoms with Gasteiger partial charge in [-0.2, -0.15) is 0 Å². The molecule has 0 bridgehead atoms. The van der Waals surface area contributed by atoms with E-state index in [1.165, 1.54) is 0 Å². The van der Waals surface area contributed by atoms with Crippen molar-refractivity contribution in [1.29, 1.82) is 0 Å². The third-order valence-electron chi connectivity index (χ3n) is 3.31. The number of halogens is 2. The Labute approximate surface area is 150 Å². The zero-order valence-corrected chi connectivity index (χ0v) is 14.7. The van der Waals surface area contributed by atoms with Crippen LogP contribution in [-0.4, -0.2) is 24.9 Å². The third kappa shape index (κ3) is 4.63. The standard InChI is InChI=1S/C17H17Cl2N3O2/c1-10(16(23)22-15-9-12(18)6-7-14(15)19)21-13-5-3-4-11(8-13)17(24)20-2/h3-10,21H,1-2H3,(H,20,24)(H,22,23)/t10-/m0/s1. The van der Waals surface area contributed by atoms with E-state index in [-0.39, 0.29) is 11.8 Å². The van der Waals surface area contributed by atoms with Crippen molar-refractivity contribution in [2.75, 3.05) is 17.7 Å². The molecule has 0 saturated carbocycles. The average molecular weight is 366 g/mol. The van der Waals surface area contributed by atoms with Crippen LogP contribution < -0.4 is 16.0 Å². The molecule has 2 amide bonds. The zero-order chi connectivity index (χ0) is 17.7. The van der Waals surface area contributed by atoms with Crippen LogP contribution in [0.3, 0.4) is 0 Å². The summed E-state index contributed by atoms with van der Waals surface area (Å²) in [4.78, 5) is 24.0. The Balaban J connectivity index is 2.06. The highest BCUT2D eigenvalue weighted by molar-refractivity contribution is 6.35. The molecule has 0 unspecified atom stereocenters. The normalized spacial score (nSPS) is 11.5. The molecule has 0 saturated heterocycles. The summed E-state index contributed by atoms with van der Waals surface area (Å²) in [7, 11) is 1.56. The maximum atomic E-state index is 12.3. The van der Waals surface area contributed by atoms with Crippen molar-refractivity contribution >= 4 is 46.4 Å². The molecule has 0 aliphatic rings. The molecule has 5 nitrogen and oxygen atoms in total. The van der Waals surface area contributed by atoms with Crippen molar-refractivity contribution in [2.24, 2.45) is 0 Å². The minimum absolute atomic E-state index is 0.193. The van der Waals surface area contributed by atoms with Crippen molar-refractivity contribution in [2.45, 2.75) is 13.0 Å². The summed E-state index contributed by atoms with van der Waals surface area (Å²) < 4.78 is 0. The first kappa shape index (κ1) is 18.1. The van der Waals surface area contributed by atoms with Crippen LogP contribution in [0.25, 0.3) is 0 Å². The molecule has 0 aliphatic carbocycles. The summed E-state index contributed by atoms with van der Waals surface area (Å²) in [6.07, 6.45) is 0. The van der Waals surface area contributed by atoms with Gasteiger partial charge < -0.3 is 16.0 Å². The molecule has 0 aromatic heterocycles. The number of benzene rings is 2. The number of carbonyl (C=O) groups is 2. The first-order chi connectivity index (χ1) is 11.4. The predicted molar refractivity (Wildman–Crippen MR) is 98.0 cm³/mol. The van der Waals surface area contributed by atoms with Crippen molar-refractivity contribution in [3.8, 4) is 0 Å². The topological polar surface area (TPSA) is 70.2 Å². The van der Waals surface area contributed by atoms with Gasteiger partial charge in [-0.15, -0.1) is 0 Å². The second-order valence-electron chi connectivity index (χ2n) is 5.14.